The van der Waals surface area contributed by atoms with Crippen molar-refractivity contribution >= 4 is 15.9 Å². The molecule has 0 bridgehead atoms. The molecule has 0 heterocycles. The molecule has 0 aromatic heterocycles. The van der Waals surface area contributed by atoms with E-state index in [1.807, 2.05) is 0 Å². The van der Waals surface area contributed by atoms with Crippen molar-refractivity contribution in [2.75, 3.05) is 13.7 Å². The minimum Gasteiger partial charge on any atom is -0.496 e. The first-order valence-electron chi connectivity index (χ1n) is 7.24. The van der Waals surface area contributed by atoms with Crippen molar-refractivity contribution in [1.82, 2.24) is 5.32 Å². The van der Waals surface area contributed by atoms with Crippen LogP contribution in [0.4, 0.5) is 0 Å². The van der Waals surface area contributed by atoms with Crippen LogP contribution in [0.1, 0.15) is 44.7 Å². The Bertz CT molecular complexity index is 417. The van der Waals surface area contributed by atoms with Gasteiger partial charge in [0.1, 0.15) is 5.75 Å². The maximum absolute atomic E-state index is 5.31. The molecule has 1 N–H and O–H groups in total. The van der Waals surface area contributed by atoms with Gasteiger partial charge in [0.05, 0.1) is 11.6 Å². The predicted molar refractivity (Wildman–Crippen MR) is 83.6 cm³/mol. The Morgan fingerprint density at radius 2 is 2.16 bits per heavy atom. The second kappa shape index (κ2) is 6.76. The molecule has 2 nitrogen and oxygen atoms in total. The largest absolute Gasteiger partial charge is 0.496 e. The topological polar surface area (TPSA) is 21.3 Å². The van der Waals surface area contributed by atoms with E-state index in [2.05, 4.69) is 53.3 Å². The van der Waals surface area contributed by atoms with Crippen LogP contribution >= 0.6 is 15.9 Å². The van der Waals surface area contributed by atoms with Crippen LogP contribution in [0.2, 0.25) is 0 Å². The van der Waals surface area contributed by atoms with E-state index in [0.717, 1.165) is 22.7 Å². The van der Waals surface area contributed by atoms with Crippen LogP contribution in [-0.4, -0.2) is 13.7 Å². The number of ether oxygens (including phenoxy) is 1. The molecule has 2 unspecified atom stereocenters. The molecule has 1 fully saturated rings. The summed E-state index contributed by atoms with van der Waals surface area (Å²) in [6.45, 7) is 5.67. The zero-order valence-corrected chi connectivity index (χ0v) is 13.7. The second-order valence-corrected chi connectivity index (χ2v) is 6.38. The molecule has 106 valence electrons. The van der Waals surface area contributed by atoms with Gasteiger partial charge in [-0.25, -0.2) is 0 Å². The van der Waals surface area contributed by atoms with Crippen LogP contribution in [0, 0.1) is 11.8 Å². The Morgan fingerprint density at radius 3 is 2.68 bits per heavy atom. The Labute approximate surface area is 125 Å². The van der Waals surface area contributed by atoms with Crippen LogP contribution in [0.5, 0.6) is 5.75 Å². The third-order valence-corrected chi connectivity index (χ3v) is 4.66. The maximum atomic E-state index is 5.31. The lowest BCUT2D eigenvalue weighted by molar-refractivity contribution is 0.349. The molecule has 19 heavy (non-hydrogen) atoms. The zero-order chi connectivity index (χ0) is 13.8. The van der Waals surface area contributed by atoms with E-state index in [4.69, 9.17) is 4.74 Å². The van der Waals surface area contributed by atoms with Gasteiger partial charge in [-0.2, -0.15) is 0 Å². The van der Waals surface area contributed by atoms with Gasteiger partial charge in [0.25, 0.3) is 0 Å². The Morgan fingerprint density at radius 1 is 1.42 bits per heavy atom. The molecule has 1 aromatic rings. The van der Waals surface area contributed by atoms with Gasteiger partial charge in [-0.1, -0.05) is 19.9 Å². The highest BCUT2D eigenvalue weighted by Gasteiger charge is 2.33. The van der Waals surface area contributed by atoms with Crippen molar-refractivity contribution in [3.63, 3.8) is 0 Å². The fourth-order valence-corrected chi connectivity index (χ4v) is 3.24. The second-order valence-electron chi connectivity index (χ2n) is 5.52. The summed E-state index contributed by atoms with van der Waals surface area (Å²) in [5.41, 5.74) is 1.36. The van der Waals surface area contributed by atoms with Gasteiger partial charge in [-0.3, -0.25) is 0 Å². The normalized spacial score (nSPS) is 18.1. The molecule has 1 aliphatic rings. The summed E-state index contributed by atoms with van der Waals surface area (Å²) < 4.78 is 6.35. The lowest BCUT2D eigenvalue weighted by Crippen LogP contribution is -2.28. The van der Waals surface area contributed by atoms with Gasteiger partial charge >= 0.3 is 0 Å². The number of nitrogens with one attached hydrogen (secondary N) is 1. The highest BCUT2D eigenvalue weighted by Crippen LogP contribution is 2.43. The summed E-state index contributed by atoms with van der Waals surface area (Å²) in [4.78, 5) is 0. The third kappa shape index (κ3) is 3.73. The summed E-state index contributed by atoms with van der Waals surface area (Å²) in [6, 6.07) is 6.90. The first-order valence-corrected chi connectivity index (χ1v) is 8.03. The lowest BCUT2D eigenvalue weighted by Gasteiger charge is -2.26. The molecular formula is C16H24BrNO. The highest BCUT2D eigenvalue weighted by molar-refractivity contribution is 9.10. The fourth-order valence-electron chi connectivity index (χ4n) is 2.68. The molecule has 1 aromatic carbocycles. The average molecular weight is 326 g/mol. The third-order valence-electron chi connectivity index (χ3n) is 4.04. The van der Waals surface area contributed by atoms with Crippen molar-refractivity contribution < 1.29 is 4.74 Å². The summed E-state index contributed by atoms with van der Waals surface area (Å²) in [6.07, 6.45) is 3.96. The van der Waals surface area contributed by atoms with Gasteiger partial charge in [-0.05, 0) is 71.3 Å². The smallest absolute Gasteiger partial charge is 0.133 e. The summed E-state index contributed by atoms with van der Waals surface area (Å²) in [7, 11) is 1.71. The molecule has 2 atom stereocenters. The van der Waals surface area contributed by atoms with Crippen LogP contribution in [0.3, 0.4) is 0 Å². The molecule has 0 radical (unpaired) electrons. The van der Waals surface area contributed by atoms with Crippen LogP contribution in [0.15, 0.2) is 22.7 Å². The highest BCUT2D eigenvalue weighted by atomic mass is 79.9. The van der Waals surface area contributed by atoms with Gasteiger partial charge < -0.3 is 10.1 Å². The SMILES string of the molecule is CCCNC(c1ccc(OC)c(Br)c1)C(C)C1CC1. The number of methoxy groups -OCH3 is 1. The lowest BCUT2D eigenvalue weighted by atomic mass is 9.90. The molecular weight excluding hydrogens is 302 g/mol. The first-order chi connectivity index (χ1) is 9.17. The average Bonchev–Trinajstić information content (AvgIpc) is 3.23. The van der Waals surface area contributed by atoms with Crippen LogP contribution in [-0.2, 0) is 0 Å². The van der Waals surface area contributed by atoms with Crippen LogP contribution in [0.25, 0.3) is 0 Å². The molecule has 0 spiro atoms. The van der Waals surface area contributed by atoms with Gasteiger partial charge in [-0.15, -0.1) is 0 Å². The standard InChI is InChI=1S/C16H24BrNO/c1-4-9-18-16(11(2)12-5-6-12)13-7-8-15(19-3)14(17)10-13/h7-8,10-12,16,18H,4-6,9H2,1-3H3. The van der Waals surface area contributed by atoms with E-state index in [1.165, 1.54) is 24.8 Å². The Hall–Kier alpha value is -0.540. The minimum absolute atomic E-state index is 0.453. The van der Waals surface area contributed by atoms with E-state index in [-0.39, 0.29) is 0 Å². The number of hydrogen-bond donors (Lipinski definition) is 1. The van der Waals surface area contributed by atoms with Gasteiger partial charge in [0.15, 0.2) is 0 Å². The summed E-state index contributed by atoms with van der Waals surface area (Å²) in [5, 5.41) is 3.71. The Kier molecular flexibility index (Phi) is 5.28. The first kappa shape index (κ1) is 14.9. The van der Waals surface area contributed by atoms with E-state index in [9.17, 15) is 0 Å². The van der Waals surface area contributed by atoms with Crippen molar-refractivity contribution in [3.8, 4) is 5.75 Å². The fraction of sp³-hybridized carbons (Fsp3) is 0.625. The van der Waals surface area contributed by atoms with E-state index in [0.29, 0.717) is 12.0 Å². The molecule has 1 saturated carbocycles. The van der Waals surface area contributed by atoms with Crippen molar-refractivity contribution in [1.29, 1.82) is 0 Å². The minimum atomic E-state index is 0.453. The molecule has 2 rings (SSSR count). The van der Waals surface area contributed by atoms with E-state index < -0.39 is 0 Å². The summed E-state index contributed by atoms with van der Waals surface area (Å²) in [5.74, 6) is 2.50. The Balaban J connectivity index is 2.18. The number of hydrogen-bond acceptors (Lipinski definition) is 2. The molecule has 0 saturated heterocycles. The number of rotatable bonds is 7. The predicted octanol–water partition coefficient (Wildman–Crippen LogP) is 4.54. The quantitative estimate of drug-likeness (QED) is 0.794. The van der Waals surface area contributed by atoms with E-state index >= 15 is 0 Å². The summed E-state index contributed by atoms with van der Waals surface area (Å²) >= 11 is 3.59. The van der Waals surface area contributed by atoms with E-state index in [1.54, 1.807) is 7.11 Å². The monoisotopic (exact) mass is 325 g/mol. The van der Waals surface area contributed by atoms with Crippen LogP contribution < -0.4 is 10.1 Å². The number of halogens is 1. The van der Waals surface area contributed by atoms with Crippen molar-refractivity contribution in [3.05, 3.63) is 28.2 Å². The van der Waals surface area contributed by atoms with Gasteiger partial charge in [0.2, 0.25) is 0 Å². The number of benzene rings is 1. The van der Waals surface area contributed by atoms with Crippen molar-refractivity contribution in [2.45, 2.75) is 39.2 Å². The molecule has 0 amide bonds. The van der Waals surface area contributed by atoms with Crippen molar-refractivity contribution in [2.24, 2.45) is 11.8 Å². The van der Waals surface area contributed by atoms with Gasteiger partial charge in [0, 0.05) is 6.04 Å². The molecule has 1 aliphatic carbocycles. The molecule has 0 aliphatic heterocycles. The maximum Gasteiger partial charge on any atom is 0.133 e. The molecule has 3 heteroatoms. The zero-order valence-electron chi connectivity index (χ0n) is 12.1.